The Morgan fingerprint density at radius 3 is 2.84 bits per heavy atom. The Morgan fingerprint density at radius 2 is 2.05 bits per heavy atom. The second kappa shape index (κ2) is 3.50. The number of ketones is 1. The van der Waals surface area contributed by atoms with E-state index >= 15 is 0 Å². The highest BCUT2D eigenvalue weighted by molar-refractivity contribution is 6.10. The zero-order valence-corrected chi connectivity index (χ0v) is 12.1. The van der Waals surface area contributed by atoms with Crippen molar-refractivity contribution in [2.75, 3.05) is 0 Å². The van der Waals surface area contributed by atoms with E-state index in [4.69, 9.17) is 0 Å². The molecule has 0 aliphatic heterocycles. The molecule has 4 aliphatic carbocycles. The molecule has 4 aliphatic rings. The van der Waals surface area contributed by atoms with E-state index in [1.165, 1.54) is 36.0 Å². The first kappa shape index (κ1) is 11.7. The van der Waals surface area contributed by atoms with Crippen LogP contribution in [0.2, 0.25) is 0 Å². The van der Waals surface area contributed by atoms with Crippen LogP contribution in [0.15, 0.2) is 34.4 Å². The summed E-state index contributed by atoms with van der Waals surface area (Å²) in [5, 5.41) is 0. The van der Waals surface area contributed by atoms with Crippen molar-refractivity contribution < 1.29 is 4.79 Å². The molecule has 100 valence electrons. The van der Waals surface area contributed by atoms with Gasteiger partial charge in [-0.25, -0.2) is 0 Å². The first-order chi connectivity index (χ1) is 9.01. The summed E-state index contributed by atoms with van der Waals surface area (Å²) in [7, 11) is 0. The van der Waals surface area contributed by atoms with Crippen molar-refractivity contribution in [1.29, 1.82) is 0 Å². The maximum Gasteiger partial charge on any atom is 0.185 e. The number of carbonyl (C=O) groups is 1. The van der Waals surface area contributed by atoms with Gasteiger partial charge in [-0.2, -0.15) is 0 Å². The van der Waals surface area contributed by atoms with E-state index < -0.39 is 0 Å². The van der Waals surface area contributed by atoms with Crippen molar-refractivity contribution in [3.8, 4) is 0 Å². The lowest BCUT2D eigenvalue weighted by Gasteiger charge is -2.23. The number of rotatable bonds is 0. The first-order valence-electron chi connectivity index (χ1n) is 7.68. The van der Waals surface area contributed by atoms with Gasteiger partial charge < -0.3 is 0 Å². The molecule has 0 heterocycles. The number of fused-ring (bicyclic) bond motifs is 4. The Hall–Kier alpha value is -1.11. The number of carbonyl (C=O) groups excluding carboxylic acids is 1. The number of allylic oxidation sites excluding steroid dienone is 6. The minimum Gasteiger partial charge on any atom is -0.289 e. The lowest BCUT2D eigenvalue weighted by molar-refractivity contribution is -0.112. The van der Waals surface area contributed by atoms with E-state index in [0.717, 1.165) is 17.9 Å². The van der Waals surface area contributed by atoms with Crippen LogP contribution in [0.1, 0.15) is 46.5 Å². The molecule has 0 radical (unpaired) electrons. The van der Waals surface area contributed by atoms with E-state index in [9.17, 15) is 4.79 Å². The Bertz CT molecular complexity index is 570. The van der Waals surface area contributed by atoms with Crippen LogP contribution < -0.4 is 0 Å². The highest BCUT2D eigenvalue weighted by atomic mass is 16.1. The zero-order chi connectivity index (χ0) is 13.4. The molecule has 1 nitrogen and oxygen atoms in total. The molecule has 1 fully saturated rings. The van der Waals surface area contributed by atoms with Gasteiger partial charge >= 0.3 is 0 Å². The smallest absolute Gasteiger partial charge is 0.185 e. The maximum atomic E-state index is 12.8. The predicted octanol–water partition coefficient (Wildman–Crippen LogP) is 4.21. The van der Waals surface area contributed by atoms with Crippen LogP contribution in [-0.4, -0.2) is 5.78 Å². The monoisotopic (exact) mass is 254 g/mol. The summed E-state index contributed by atoms with van der Waals surface area (Å²) in [6, 6.07) is 0. The van der Waals surface area contributed by atoms with Gasteiger partial charge in [-0.1, -0.05) is 31.6 Å². The van der Waals surface area contributed by atoms with E-state index in [-0.39, 0.29) is 0 Å². The van der Waals surface area contributed by atoms with Gasteiger partial charge in [-0.3, -0.25) is 4.79 Å². The molecular formula is C18H22O. The second-order valence-corrected chi connectivity index (χ2v) is 7.37. The average molecular weight is 254 g/mol. The van der Waals surface area contributed by atoms with Crippen LogP contribution in [-0.2, 0) is 4.79 Å². The first-order valence-corrected chi connectivity index (χ1v) is 7.68. The van der Waals surface area contributed by atoms with Gasteiger partial charge in [0, 0.05) is 11.5 Å². The SMILES string of the molecule is CC1=CC2=CCC[C@H]2C2=C(C1=O)[C@H]1[C@@H](CC2)C1(C)C. The van der Waals surface area contributed by atoms with Gasteiger partial charge in [-0.15, -0.1) is 0 Å². The van der Waals surface area contributed by atoms with Gasteiger partial charge in [-0.05, 0) is 61.0 Å². The van der Waals surface area contributed by atoms with E-state index in [1.807, 2.05) is 6.92 Å². The maximum absolute atomic E-state index is 12.8. The fourth-order valence-corrected chi connectivity index (χ4v) is 4.94. The number of Topliss-reactive ketones (excluding diaryl/α,β-unsaturated/α-hetero) is 1. The summed E-state index contributed by atoms with van der Waals surface area (Å²) in [4.78, 5) is 12.8. The summed E-state index contributed by atoms with van der Waals surface area (Å²) in [6.07, 6.45) is 9.39. The van der Waals surface area contributed by atoms with Crippen LogP contribution >= 0.6 is 0 Å². The third kappa shape index (κ3) is 1.39. The lowest BCUT2D eigenvalue weighted by atomic mass is 9.81. The Balaban J connectivity index is 1.89. The fourth-order valence-electron chi connectivity index (χ4n) is 4.94. The summed E-state index contributed by atoms with van der Waals surface area (Å²) >= 11 is 0. The summed E-state index contributed by atoms with van der Waals surface area (Å²) in [5.74, 6) is 2.22. The molecule has 0 spiro atoms. The molecule has 0 N–H and O–H groups in total. The third-order valence-corrected chi connectivity index (χ3v) is 6.08. The Morgan fingerprint density at radius 1 is 1.26 bits per heavy atom. The van der Waals surface area contributed by atoms with Gasteiger partial charge in [0.2, 0.25) is 0 Å². The number of hydrogen-bond donors (Lipinski definition) is 0. The van der Waals surface area contributed by atoms with E-state index in [2.05, 4.69) is 26.0 Å². The molecular weight excluding hydrogens is 232 g/mol. The van der Waals surface area contributed by atoms with Crippen molar-refractivity contribution in [1.82, 2.24) is 0 Å². The number of hydrogen-bond acceptors (Lipinski definition) is 1. The van der Waals surface area contributed by atoms with Crippen molar-refractivity contribution in [2.45, 2.75) is 46.5 Å². The zero-order valence-electron chi connectivity index (χ0n) is 12.1. The Kier molecular flexibility index (Phi) is 2.16. The minimum absolute atomic E-state index is 0.352. The molecule has 0 amide bonds. The predicted molar refractivity (Wildman–Crippen MR) is 76.6 cm³/mol. The second-order valence-electron chi connectivity index (χ2n) is 7.37. The quantitative estimate of drug-likeness (QED) is 0.632. The van der Waals surface area contributed by atoms with Crippen LogP contribution in [0.3, 0.4) is 0 Å². The molecule has 19 heavy (non-hydrogen) atoms. The highest BCUT2D eigenvalue weighted by Gasteiger charge is 2.62. The van der Waals surface area contributed by atoms with Crippen LogP contribution in [0, 0.1) is 23.2 Å². The lowest BCUT2D eigenvalue weighted by Crippen LogP contribution is -2.16. The fraction of sp³-hybridized carbons (Fsp3) is 0.611. The average Bonchev–Trinajstić information content (AvgIpc) is 2.74. The van der Waals surface area contributed by atoms with Gasteiger partial charge in [0.05, 0.1) is 0 Å². The van der Waals surface area contributed by atoms with Crippen molar-refractivity contribution >= 4 is 5.78 Å². The van der Waals surface area contributed by atoms with Gasteiger partial charge in [0.15, 0.2) is 5.78 Å². The standard InChI is InChI=1S/C18H22O/c1-10-9-11-5-4-6-12(11)13-7-8-14-16(18(14,2)3)15(13)17(10)19/h5,9,12,14,16H,4,6-8H2,1-3H3/t12-,14-,16-/m1/s1. The summed E-state index contributed by atoms with van der Waals surface area (Å²) in [6.45, 7) is 6.70. The molecule has 1 heteroatoms. The minimum atomic E-state index is 0.352. The summed E-state index contributed by atoms with van der Waals surface area (Å²) < 4.78 is 0. The van der Waals surface area contributed by atoms with E-state index in [1.54, 1.807) is 0 Å². The molecule has 0 aromatic carbocycles. The Labute approximate surface area is 115 Å². The highest BCUT2D eigenvalue weighted by Crippen LogP contribution is 2.68. The topological polar surface area (TPSA) is 17.1 Å². The van der Waals surface area contributed by atoms with Crippen molar-refractivity contribution in [3.63, 3.8) is 0 Å². The van der Waals surface area contributed by atoms with Crippen molar-refractivity contribution in [2.24, 2.45) is 23.2 Å². The molecule has 0 bridgehead atoms. The van der Waals surface area contributed by atoms with Crippen LogP contribution in [0.25, 0.3) is 0 Å². The van der Waals surface area contributed by atoms with Crippen LogP contribution in [0.4, 0.5) is 0 Å². The largest absolute Gasteiger partial charge is 0.289 e. The third-order valence-electron chi connectivity index (χ3n) is 6.08. The molecule has 0 aromatic rings. The molecule has 0 saturated heterocycles. The van der Waals surface area contributed by atoms with Gasteiger partial charge in [0.1, 0.15) is 0 Å². The van der Waals surface area contributed by atoms with E-state index in [0.29, 0.717) is 23.0 Å². The van der Waals surface area contributed by atoms with Crippen LogP contribution in [0.5, 0.6) is 0 Å². The molecule has 3 atom stereocenters. The van der Waals surface area contributed by atoms with Gasteiger partial charge in [0.25, 0.3) is 0 Å². The molecule has 1 saturated carbocycles. The normalized spacial score (nSPS) is 38.9. The molecule has 0 unspecified atom stereocenters. The van der Waals surface area contributed by atoms with Crippen molar-refractivity contribution in [3.05, 3.63) is 34.4 Å². The molecule has 0 aromatic heterocycles. The summed E-state index contributed by atoms with van der Waals surface area (Å²) in [5.41, 5.74) is 5.48. The molecule has 4 rings (SSSR count).